The standard InChI is InChI=1S/C36H41N3O7/c1-38(2)30-25-14-22-13-24-23(21-9-7-20(8-10-21)17-39(15-18-3-4-18)16-19-5-6-19)11-12-26(40)28(24)31(41)27(22)33(43)36(25,46)34(44)29(32(30)42)35(37)45/h7-12,18-19,22,25,27,29-30,40,46H,3-6,13-17H2,1-2H3,(H2,37,45)/t22-,25-,27?,29?,30-,36-/m0/s1. The number of carbonyl (C=O) groups excluding carboxylic acids is 5. The SMILES string of the molecule is CN(C)[C@@H]1C(=O)C(C(N)=O)C(=O)[C@@]2(O)C(=O)C3C(=O)c4c(O)ccc(-c5ccc(CN(CC6CC6)CC6CC6)cc5)c4C[C@H]3C[C@@H]12. The van der Waals surface area contributed by atoms with Crippen molar-refractivity contribution in [2.45, 2.75) is 56.7 Å². The van der Waals surface area contributed by atoms with Gasteiger partial charge in [0.25, 0.3) is 0 Å². The summed E-state index contributed by atoms with van der Waals surface area (Å²) in [6.45, 7) is 3.16. The fourth-order valence-electron chi connectivity index (χ4n) is 8.46. The molecular formula is C36H41N3O7. The molecule has 46 heavy (non-hydrogen) atoms. The summed E-state index contributed by atoms with van der Waals surface area (Å²) in [5, 5.41) is 22.7. The van der Waals surface area contributed by atoms with Crippen LogP contribution in [0.3, 0.4) is 0 Å². The van der Waals surface area contributed by atoms with Crippen molar-refractivity contribution in [2.75, 3.05) is 27.2 Å². The van der Waals surface area contributed by atoms with Gasteiger partial charge in [-0.3, -0.25) is 33.8 Å². The van der Waals surface area contributed by atoms with Crippen LogP contribution in [0.4, 0.5) is 0 Å². The first kappa shape index (κ1) is 30.9. The first-order valence-electron chi connectivity index (χ1n) is 16.4. The number of aromatic hydroxyl groups is 1. The lowest BCUT2D eigenvalue weighted by Gasteiger charge is -2.52. The van der Waals surface area contributed by atoms with E-state index in [2.05, 4.69) is 17.0 Å². The molecule has 7 rings (SSSR count). The van der Waals surface area contributed by atoms with Crippen LogP contribution in [0.15, 0.2) is 36.4 Å². The van der Waals surface area contributed by atoms with Crippen molar-refractivity contribution in [3.05, 3.63) is 53.1 Å². The molecule has 0 spiro atoms. The summed E-state index contributed by atoms with van der Waals surface area (Å²) < 4.78 is 0. The molecule has 6 atom stereocenters. The van der Waals surface area contributed by atoms with Gasteiger partial charge in [-0.05, 0) is 98.7 Å². The van der Waals surface area contributed by atoms with E-state index in [1.165, 1.54) is 42.2 Å². The Morgan fingerprint density at radius 1 is 0.935 bits per heavy atom. The number of Topliss-reactive ketones (excluding diaryl/α,β-unsaturated/α-hetero) is 4. The quantitative estimate of drug-likeness (QED) is 0.354. The number of rotatable bonds is 9. The fraction of sp³-hybridized carbons (Fsp3) is 0.528. The third-order valence-corrected chi connectivity index (χ3v) is 11.0. The molecule has 4 saturated carbocycles. The maximum absolute atomic E-state index is 14.1. The van der Waals surface area contributed by atoms with Crippen LogP contribution in [0.2, 0.25) is 0 Å². The predicted molar refractivity (Wildman–Crippen MR) is 168 cm³/mol. The number of primary amides is 1. The van der Waals surface area contributed by atoms with Crippen molar-refractivity contribution in [3.63, 3.8) is 0 Å². The summed E-state index contributed by atoms with van der Waals surface area (Å²) in [7, 11) is 3.15. The molecule has 4 fully saturated rings. The molecule has 0 heterocycles. The van der Waals surface area contributed by atoms with Gasteiger partial charge < -0.3 is 15.9 Å². The molecule has 242 valence electrons. The van der Waals surface area contributed by atoms with Crippen LogP contribution in [0.5, 0.6) is 5.75 Å². The second-order valence-electron chi connectivity index (χ2n) is 14.6. The largest absolute Gasteiger partial charge is 0.507 e. The molecule has 2 aromatic carbocycles. The van der Waals surface area contributed by atoms with E-state index in [1.54, 1.807) is 20.2 Å². The normalized spacial score (nSPS) is 30.8. The Hall–Kier alpha value is -3.73. The molecule has 5 aliphatic carbocycles. The van der Waals surface area contributed by atoms with Gasteiger partial charge in [0.1, 0.15) is 5.75 Å². The Kier molecular flexibility index (Phi) is 7.53. The molecule has 0 radical (unpaired) electrons. The van der Waals surface area contributed by atoms with E-state index in [-0.39, 0.29) is 24.2 Å². The molecule has 10 heteroatoms. The summed E-state index contributed by atoms with van der Waals surface area (Å²) in [4.78, 5) is 71.2. The van der Waals surface area contributed by atoms with E-state index in [9.17, 15) is 34.2 Å². The lowest BCUT2D eigenvalue weighted by Crippen LogP contribution is -2.74. The number of aliphatic hydroxyl groups is 1. The van der Waals surface area contributed by atoms with E-state index in [0.29, 0.717) is 5.56 Å². The van der Waals surface area contributed by atoms with Crippen LogP contribution in [-0.2, 0) is 32.1 Å². The van der Waals surface area contributed by atoms with Gasteiger partial charge in [0.05, 0.1) is 17.5 Å². The lowest BCUT2D eigenvalue weighted by atomic mass is 9.52. The van der Waals surface area contributed by atoms with Gasteiger partial charge in [-0.25, -0.2) is 0 Å². The maximum Gasteiger partial charge on any atom is 0.235 e. The number of likely N-dealkylation sites (N-methyl/N-ethyl adjacent to an activating group) is 1. The van der Waals surface area contributed by atoms with Crippen molar-refractivity contribution >= 4 is 29.0 Å². The average Bonchev–Trinajstić information content (AvgIpc) is 3.93. The second kappa shape index (κ2) is 11.2. The zero-order valence-electron chi connectivity index (χ0n) is 26.3. The van der Waals surface area contributed by atoms with Crippen molar-refractivity contribution in [1.29, 1.82) is 0 Å². The van der Waals surface area contributed by atoms with Gasteiger partial charge in [0.2, 0.25) is 5.91 Å². The Labute approximate surface area is 267 Å². The highest BCUT2D eigenvalue weighted by Crippen LogP contribution is 2.51. The molecule has 0 bridgehead atoms. The van der Waals surface area contributed by atoms with Gasteiger partial charge in [0.15, 0.2) is 34.7 Å². The van der Waals surface area contributed by atoms with E-state index in [0.717, 1.165) is 42.6 Å². The number of carbonyl (C=O) groups is 5. The molecule has 0 aromatic heterocycles. The topological polar surface area (TPSA) is 158 Å². The van der Waals surface area contributed by atoms with Gasteiger partial charge in [-0.15, -0.1) is 0 Å². The first-order valence-corrected chi connectivity index (χ1v) is 16.4. The molecule has 2 unspecified atom stereocenters. The molecular weight excluding hydrogens is 586 g/mol. The Bertz CT molecular complexity index is 1630. The summed E-state index contributed by atoms with van der Waals surface area (Å²) in [5.74, 6) is -8.78. The minimum absolute atomic E-state index is 0.00761. The lowest BCUT2D eigenvalue weighted by molar-refractivity contribution is -0.181. The molecule has 0 aliphatic heterocycles. The van der Waals surface area contributed by atoms with E-state index in [4.69, 9.17) is 5.73 Å². The number of fused-ring (bicyclic) bond motifs is 3. The van der Waals surface area contributed by atoms with Gasteiger partial charge >= 0.3 is 0 Å². The van der Waals surface area contributed by atoms with E-state index >= 15 is 0 Å². The van der Waals surface area contributed by atoms with Crippen molar-refractivity contribution in [3.8, 4) is 16.9 Å². The number of nitrogens with zero attached hydrogens (tertiary/aromatic N) is 2. The van der Waals surface area contributed by atoms with E-state index < -0.39 is 64.4 Å². The highest BCUT2D eigenvalue weighted by Gasteiger charge is 2.69. The van der Waals surface area contributed by atoms with Crippen LogP contribution >= 0.6 is 0 Å². The Morgan fingerprint density at radius 2 is 1.57 bits per heavy atom. The van der Waals surface area contributed by atoms with Crippen LogP contribution in [0.25, 0.3) is 11.1 Å². The van der Waals surface area contributed by atoms with Crippen LogP contribution in [0.1, 0.15) is 53.6 Å². The zero-order chi connectivity index (χ0) is 32.7. The number of phenols is 1. The average molecular weight is 628 g/mol. The number of phenolic OH excluding ortho intramolecular Hbond substituents is 1. The third-order valence-electron chi connectivity index (χ3n) is 11.0. The van der Waals surface area contributed by atoms with Gasteiger partial charge in [0, 0.05) is 25.6 Å². The highest BCUT2D eigenvalue weighted by atomic mass is 16.3. The Morgan fingerprint density at radius 3 is 2.13 bits per heavy atom. The summed E-state index contributed by atoms with van der Waals surface area (Å²) >= 11 is 0. The molecule has 10 nitrogen and oxygen atoms in total. The summed E-state index contributed by atoms with van der Waals surface area (Å²) in [6.07, 6.45) is 5.51. The maximum atomic E-state index is 14.1. The Balaban J connectivity index is 1.21. The minimum Gasteiger partial charge on any atom is -0.507 e. The summed E-state index contributed by atoms with van der Waals surface area (Å²) in [5.41, 5.74) is 6.13. The monoisotopic (exact) mass is 627 g/mol. The van der Waals surface area contributed by atoms with E-state index in [1.807, 2.05) is 12.1 Å². The van der Waals surface area contributed by atoms with Crippen LogP contribution in [-0.4, -0.2) is 87.9 Å². The minimum atomic E-state index is -2.73. The fourth-order valence-corrected chi connectivity index (χ4v) is 8.46. The molecule has 2 aromatic rings. The van der Waals surface area contributed by atoms with Gasteiger partial charge in [-0.2, -0.15) is 0 Å². The number of benzene rings is 2. The third kappa shape index (κ3) is 5.02. The molecule has 0 saturated heterocycles. The number of hydrogen-bond acceptors (Lipinski definition) is 9. The molecule has 1 amide bonds. The summed E-state index contributed by atoms with van der Waals surface area (Å²) in [6, 6.07) is 10.4. The van der Waals surface area contributed by atoms with Crippen molar-refractivity contribution in [2.24, 2.45) is 41.2 Å². The van der Waals surface area contributed by atoms with Crippen LogP contribution < -0.4 is 5.73 Å². The smallest absolute Gasteiger partial charge is 0.235 e. The van der Waals surface area contributed by atoms with Crippen molar-refractivity contribution in [1.82, 2.24) is 9.80 Å². The first-order chi connectivity index (χ1) is 21.9. The highest BCUT2D eigenvalue weighted by molar-refractivity contribution is 6.32. The van der Waals surface area contributed by atoms with Crippen molar-refractivity contribution < 1.29 is 34.2 Å². The molecule has 5 aliphatic rings. The number of nitrogens with two attached hydrogens (primary N) is 1. The molecule has 4 N–H and O–H groups in total. The second-order valence-corrected chi connectivity index (χ2v) is 14.6. The number of amides is 1. The zero-order valence-corrected chi connectivity index (χ0v) is 26.3. The van der Waals surface area contributed by atoms with Gasteiger partial charge in [-0.1, -0.05) is 30.3 Å². The number of ketones is 4. The van der Waals surface area contributed by atoms with Crippen LogP contribution in [0, 0.1) is 35.5 Å². The predicted octanol–water partition coefficient (Wildman–Crippen LogP) is 2.16. The number of hydrogen-bond donors (Lipinski definition) is 3.